The van der Waals surface area contributed by atoms with Crippen LogP contribution in [0.4, 0.5) is 5.95 Å². The highest BCUT2D eigenvalue weighted by Crippen LogP contribution is 2.42. The highest BCUT2D eigenvalue weighted by molar-refractivity contribution is 7.85. The molecule has 2 fully saturated rings. The quantitative estimate of drug-likeness (QED) is 0.110. The Morgan fingerprint density at radius 2 is 1.57 bits per heavy atom. The third-order valence-corrected chi connectivity index (χ3v) is 10.1. The molecule has 0 bridgehead atoms. The van der Waals surface area contributed by atoms with Gasteiger partial charge in [-0.1, -0.05) is 42.5 Å². The van der Waals surface area contributed by atoms with Gasteiger partial charge in [0, 0.05) is 57.2 Å². The van der Waals surface area contributed by atoms with Gasteiger partial charge in [-0.3, -0.25) is 9.35 Å². The van der Waals surface area contributed by atoms with Gasteiger partial charge >= 0.3 is 0 Å². The van der Waals surface area contributed by atoms with E-state index in [1.165, 1.54) is 5.56 Å². The van der Waals surface area contributed by atoms with Crippen molar-refractivity contribution in [3.8, 4) is 17.2 Å². The molecule has 14 heteroatoms. The van der Waals surface area contributed by atoms with E-state index in [1.54, 1.807) is 21.3 Å². The van der Waals surface area contributed by atoms with Crippen molar-refractivity contribution < 1.29 is 36.7 Å². The lowest BCUT2D eigenvalue weighted by Gasteiger charge is -2.36. The number of fused-ring (bicyclic) bond motifs is 1. The zero-order chi connectivity index (χ0) is 38.7. The molecule has 54 heavy (non-hydrogen) atoms. The second-order valence-corrected chi connectivity index (χ2v) is 15.6. The Labute approximate surface area is 319 Å². The molecule has 1 amide bonds. The second-order valence-electron chi connectivity index (χ2n) is 14.1. The highest BCUT2D eigenvalue weighted by Gasteiger charge is 2.43. The van der Waals surface area contributed by atoms with Crippen molar-refractivity contribution in [2.24, 2.45) is 5.41 Å². The topological polar surface area (TPSA) is 145 Å². The lowest BCUT2D eigenvalue weighted by molar-refractivity contribution is -0.128. The van der Waals surface area contributed by atoms with E-state index in [0.29, 0.717) is 62.3 Å². The molecule has 2 saturated heterocycles. The summed E-state index contributed by atoms with van der Waals surface area (Å²) in [6.07, 6.45) is 5.19. The molecule has 2 aliphatic rings. The molecule has 3 aromatic carbocycles. The van der Waals surface area contributed by atoms with E-state index in [-0.39, 0.29) is 11.3 Å². The number of methoxy groups -OCH3 is 3. The predicted molar refractivity (Wildman–Crippen MR) is 210 cm³/mol. The van der Waals surface area contributed by atoms with Crippen molar-refractivity contribution in [1.29, 1.82) is 0 Å². The molecule has 294 valence electrons. The third kappa shape index (κ3) is 11.1. The Balaban J connectivity index is 0.00000105. The maximum Gasteiger partial charge on any atom is 0.261 e. The molecular weight excluding hydrogens is 711 g/mol. The lowest BCUT2D eigenvalue weighted by atomic mass is 9.77. The van der Waals surface area contributed by atoms with E-state index in [1.807, 2.05) is 30.0 Å². The van der Waals surface area contributed by atoms with E-state index in [0.717, 1.165) is 74.4 Å². The Kier molecular flexibility index (Phi) is 14.2. The van der Waals surface area contributed by atoms with Crippen LogP contribution in [0.15, 0.2) is 66.7 Å². The predicted octanol–water partition coefficient (Wildman–Crippen LogP) is 5.53. The minimum Gasteiger partial charge on any atom is -0.493 e. The Morgan fingerprint density at radius 1 is 0.926 bits per heavy atom. The van der Waals surface area contributed by atoms with Crippen LogP contribution in [0.3, 0.4) is 0 Å². The molecule has 3 heterocycles. The number of nitrogens with one attached hydrogen (secondary N) is 1. The van der Waals surface area contributed by atoms with E-state index >= 15 is 0 Å². The highest BCUT2D eigenvalue weighted by atomic mass is 32.2. The van der Waals surface area contributed by atoms with E-state index in [9.17, 15) is 13.2 Å². The minimum absolute atomic E-state index is 0.139. The van der Waals surface area contributed by atoms with Crippen LogP contribution >= 0.6 is 0 Å². The molecule has 6 rings (SSSR count). The second kappa shape index (κ2) is 18.8. The molecule has 0 saturated carbocycles. The van der Waals surface area contributed by atoms with Gasteiger partial charge < -0.3 is 38.6 Å². The van der Waals surface area contributed by atoms with Crippen LogP contribution in [-0.2, 0) is 39.2 Å². The molecule has 1 atom stereocenters. The number of hydrogen-bond acceptors (Lipinski definition) is 10. The smallest absolute Gasteiger partial charge is 0.261 e. The molecule has 0 radical (unpaired) electrons. The first-order valence-corrected chi connectivity index (χ1v) is 20.3. The minimum atomic E-state index is -3.67. The summed E-state index contributed by atoms with van der Waals surface area (Å²) < 4.78 is 50.5. The lowest BCUT2D eigenvalue weighted by Crippen LogP contribution is -2.42. The van der Waals surface area contributed by atoms with Crippen LogP contribution < -0.4 is 19.5 Å². The van der Waals surface area contributed by atoms with Crippen LogP contribution in [0, 0.1) is 5.41 Å². The van der Waals surface area contributed by atoms with Crippen LogP contribution in [-0.4, -0.2) is 111 Å². The summed E-state index contributed by atoms with van der Waals surface area (Å²) >= 11 is 0. The molecular formula is C40H55N5O8S. The molecule has 2 N–H and O–H groups in total. The molecule has 2 aliphatic heterocycles. The van der Waals surface area contributed by atoms with E-state index in [4.69, 9.17) is 28.5 Å². The van der Waals surface area contributed by atoms with Gasteiger partial charge in [0.05, 0.1) is 45.2 Å². The number of carbonyl (C=O) groups excluding carboxylic acids is 1. The largest absolute Gasteiger partial charge is 0.493 e. The maximum absolute atomic E-state index is 13.7. The van der Waals surface area contributed by atoms with Crippen LogP contribution in [0.25, 0.3) is 11.0 Å². The molecule has 1 aromatic heterocycles. The summed E-state index contributed by atoms with van der Waals surface area (Å²) in [5.41, 5.74) is 4.24. The number of piperidine rings is 1. The van der Waals surface area contributed by atoms with Gasteiger partial charge in [-0.25, -0.2) is 4.98 Å². The van der Waals surface area contributed by atoms with Gasteiger partial charge in [0.2, 0.25) is 17.6 Å². The number of rotatable bonds is 16. The first-order valence-electron chi connectivity index (χ1n) is 18.5. The summed E-state index contributed by atoms with van der Waals surface area (Å²) in [7, 11) is 1.17. The van der Waals surface area contributed by atoms with Crippen molar-refractivity contribution in [2.75, 3.05) is 72.3 Å². The van der Waals surface area contributed by atoms with Gasteiger partial charge in [0.25, 0.3) is 10.1 Å². The SMILES string of the molecule is CCOCCn1c(NC2CCN(CCC3(Cc4ccccc4)CC(=O)N(Cc4cc(OC)c(OC)c(OC)c4)C3)CC2)nc2ccccc21.CS(=O)(=O)O. The van der Waals surface area contributed by atoms with Crippen molar-refractivity contribution in [3.05, 3.63) is 77.9 Å². The van der Waals surface area contributed by atoms with Crippen LogP contribution in [0.5, 0.6) is 17.2 Å². The summed E-state index contributed by atoms with van der Waals surface area (Å²) in [6, 6.07) is 23.2. The monoisotopic (exact) mass is 765 g/mol. The van der Waals surface area contributed by atoms with Gasteiger partial charge in [-0.05, 0) is 74.5 Å². The van der Waals surface area contributed by atoms with Crippen LogP contribution in [0.2, 0.25) is 0 Å². The van der Waals surface area contributed by atoms with Crippen molar-refractivity contribution in [2.45, 2.75) is 58.2 Å². The molecule has 0 spiro atoms. The summed E-state index contributed by atoms with van der Waals surface area (Å²) in [5.74, 6) is 2.87. The first kappa shape index (κ1) is 40.8. The molecule has 4 aromatic rings. The average Bonchev–Trinajstić information content (AvgIpc) is 3.65. The van der Waals surface area contributed by atoms with E-state index in [2.05, 4.69) is 63.3 Å². The first-order chi connectivity index (χ1) is 25.9. The standard InChI is InChI=1S/C39H51N5O5.CH4O3S/c1-5-49-22-21-44-33-14-10-9-13-32(33)41-38(44)40-31-15-18-42(19-16-31)20-17-39(25-29-11-7-6-8-12-29)26-36(45)43(28-39)27-30-23-34(46-2)37(48-4)35(24-30)47-3;1-5(2,3)4/h6-14,23-24,31H,5,15-22,25-28H2,1-4H3,(H,40,41);1H3,(H,2,3,4). The number of nitrogens with zero attached hydrogens (tertiary/aromatic N) is 4. The van der Waals surface area contributed by atoms with E-state index < -0.39 is 10.1 Å². The van der Waals surface area contributed by atoms with Crippen LogP contribution in [0.1, 0.15) is 43.7 Å². The number of anilines is 1. The zero-order valence-corrected chi connectivity index (χ0v) is 32.9. The van der Waals surface area contributed by atoms with Crippen molar-refractivity contribution >= 4 is 33.0 Å². The number of amides is 1. The van der Waals surface area contributed by atoms with Gasteiger partial charge in [-0.15, -0.1) is 0 Å². The number of hydrogen-bond donors (Lipinski definition) is 2. The Bertz CT molecular complexity index is 1900. The fraction of sp³-hybridized carbons (Fsp3) is 0.500. The van der Waals surface area contributed by atoms with Gasteiger partial charge in [0.15, 0.2) is 11.5 Å². The average molecular weight is 766 g/mol. The molecule has 13 nitrogen and oxygen atoms in total. The summed E-state index contributed by atoms with van der Waals surface area (Å²) in [5, 5.41) is 3.77. The number of aromatic nitrogens is 2. The number of carbonyl (C=O) groups is 1. The normalized spacial score (nSPS) is 18.0. The van der Waals surface area contributed by atoms with Crippen molar-refractivity contribution in [1.82, 2.24) is 19.4 Å². The third-order valence-electron chi connectivity index (χ3n) is 10.1. The van der Waals surface area contributed by atoms with Gasteiger partial charge in [0.1, 0.15) is 0 Å². The van der Waals surface area contributed by atoms with Gasteiger partial charge in [-0.2, -0.15) is 8.42 Å². The molecule has 1 unspecified atom stereocenters. The number of benzene rings is 3. The number of imidazole rings is 1. The number of likely N-dealkylation sites (tertiary alicyclic amines) is 2. The fourth-order valence-electron chi connectivity index (χ4n) is 7.57. The molecule has 0 aliphatic carbocycles. The number of para-hydroxylation sites is 2. The fourth-order valence-corrected chi connectivity index (χ4v) is 7.57. The number of ether oxygens (including phenoxy) is 4. The Morgan fingerprint density at radius 3 is 2.20 bits per heavy atom. The van der Waals surface area contributed by atoms with Crippen molar-refractivity contribution in [3.63, 3.8) is 0 Å². The zero-order valence-electron chi connectivity index (χ0n) is 32.1. The summed E-state index contributed by atoms with van der Waals surface area (Å²) in [4.78, 5) is 23.2. The Hall–Kier alpha value is -4.37. The summed E-state index contributed by atoms with van der Waals surface area (Å²) in [6.45, 7) is 8.39. The maximum atomic E-state index is 13.7.